The first-order valence-corrected chi connectivity index (χ1v) is 28.7. The molecule has 4 heterocycles. The molecule has 6 rings (SSSR count). The number of aliphatic carboxylic acids is 2. The highest BCUT2D eigenvalue weighted by atomic mass is 16.7. The van der Waals surface area contributed by atoms with Crippen molar-refractivity contribution in [1.82, 2.24) is 20.4 Å². The molecule has 4 aliphatic rings. The van der Waals surface area contributed by atoms with Gasteiger partial charge >= 0.3 is 23.9 Å². The van der Waals surface area contributed by atoms with Crippen molar-refractivity contribution in [3.05, 3.63) is 83.0 Å². The smallest absolute Gasteiger partial charge is 0.335 e. The van der Waals surface area contributed by atoms with Crippen LogP contribution in [0.4, 0.5) is 0 Å². The number of nitrogens with one attached hydrogen (secondary N) is 2. The lowest BCUT2D eigenvalue weighted by Crippen LogP contribution is -2.61. The van der Waals surface area contributed by atoms with Crippen LogP contribution in [0.15, 0.2) is 60.7 Å². The van der Waals surface area contributed by atoms with Gasteiger partial charge in [-0.1, -0.05) is 30.7 Å². The average molecular weight is 1240 g/mol. The third-order valence-electron chi connectivity index (χ3n) is 14.1. The molecule has 0 bridgehead atoms. The first kappa shape index (κ1) is 71.1. The highest BCUT2D eigenvalue weighted by Crippen LogP contribution is 2.32. The van der Waals surface area contributed by atoms with Crippen molar-refractivity contribution in [2.45, 2.75) is 180 Å². The molecule has 2 fully saturated rings. The molecule has 6 amide bonds. The van der Waals surface area contributed by atoms with E-state index in [4.69, 9.17) is 28.4 Å². The predicted molar refractivity (Wildman–Crippen MR) is 303 cm³/mol. The maximum absolute atomic E-state index is 12.4. The number of carboxylic acid groups (broad SMARTS) is 2. The van der Waals surface area contributed by atoms with Crippen molar-refractivity contribution in [2.75, 3.05) is 26.2 Å². The minimum atomic E-state index is -1.88. The molecule has 0 radical (unpaired) electrons. The Labute approximate surface area is 507 Å². The Morgan fingerprint density at radius 3 is 1.30 bits per heavy atom. The zero-order chi connectivity index (χ0) is 65.2. The van der Waals surface area contributed by atoms with Gasteiger partial charge in [0.05, 0.1) is 10.8 Å². The number of carbonyl (C=O) groups excluding carboxylic acids is 8. The van der Waals surface area contributed by atoms with Gasteiger partial charge in [-0.2, -0.15) is 0 Å². The van der Waals surface area contributed by atoms with Gasteiger partial charge in [0.2, 0.25) is 24.4 Å². The second-order valence-electron chi connectivity index (χ2n) is 23.4. The van der Waals surface area contributed by atoms with Crippen LogP contribution < -0.4 is 20.1 Å². The number of unbranched alkanes of at least 4 members (excludes halogenated alkanes) is 4. The van der Waals surface area contributed by atoms with Gasteiger partial charge in [0.1, 0.15) is 67.9 Å². The summed E-state index contributed by atoms with van der Waals surface area (Å²) in [6, 6.07) is 10.1. The fourth-order valence-electron chi connectivity index (χ4n) is 8.86. The van der Waals surface area contributed by atoms with E-state index in [2.05, 4.69) is 10.6 Å². The number of hydrogen-bond donors (Lipinski definition) is 10. The average Bonchev–Trinajstić information content (AvgIpc) is 3.54. The third kappa shape index (κ3) is 20.7. The number of carbonyl (C=O) groups is 10. The largest absolute Gasteiger partial charge is 0.479 e. The van der Waals surface area contributed by atoms with Crippen molar-refractivity contribution in [3.63, 3.8) is 0 Å². The van der Waals surface area contributed by atoms with E-state index in [1.165, 1.54) is 17.1 Å². The van der Waals surface area contributed by atoms with Crippen LogP contribution in [0.25, 0.3) is 0 Å². The summed E-state index contributed by atoms with van der Waals surface area (Å²) in [6.45, 7) is 10.5. The lowest BCUT2D eigenvalue weighted by atomic mass is 9.97. The van der Waals surface area contributed by atoms with E-state index in [1.54, 1.807) is 71.9 Å². The van der Waals surface area contributed by atoms with E-state index in [0.717, 1.165) is 28.2 Å². The van der Waals surface area contributed by atoms with Gasteiger partial charge in [0, 0.05) is 61.5 Å². The van der Waals surface area contributed by atoms with Gasteiger partial charge in [-0.05, 0) is 116 Å². The molecule has 0 aliphatic carbocycles. The van der Waals surface area contributed by atoms with Gasteiger partial charge in [-0.15, -0.1) is 0 Å². The fourth-order valence-corrected chi connectivity index (χ4v) is 8.86. The molecule has 0 aromatic heterocycles. The molecule has 28 nitrogen and oxygen atoms in total. The quantitative estimate of drug-likeness (QED) is 0.0313. The van der Waals surface area contributed by atoms with Gasteiger partial charge in [-0.3, -0.25) is 48.2 Å². The summed E-state index contributed by atoms with van der Waals surface area (Å²) < 4.78 is 32.9. The molecule has 4 aliphatic heterocycles. The van der Waals surface area contributed by atoms with E-state index >= 15 is 0 Å². The Balaban J connectivity index is 0.000000322. The van der Waals surface area contributed by atoms with Crippen LogP contribution >= 0.6 is 0 Å². The molecule has 1 unspecified atom stereocenters. The summed E-state index contributed by atoms with van der Waals surface area (Å²) in [5.74, 6) is -6.06. The number of carboxylic acids is 2. The van der Waals surface area contributed by atoms with E-state index in [9.17, 15) is 88.8 Å². The molecule has 2 saturated heterocycles. The van der Waals surface area contributed by atoms with Crippen LogP contribution in [-0.2, 0) is 92.9 Å². The molecular weight excluding hydrogens is 1160 g/mol. The van der Waals surface area contributed by atoms with Gasteiger partial charge in [-0.25, -0.2) is 9.59 Å². The Morgan fingerprint density at radius 2 is 0.898 bits per heavy atom. The number of aliphatic hydroxyl groups is 6. The van der Waals surface area contributed by atoms with E-state index < -0.39 is 114 Å². The van der Waals surface area contributed by atoms with Crippen LogP contribution in [0.1, 0.15) is 115 Å². The summed E-state index contributed by atoms with van der Waals surface area (Å²) in [5, 5.41) is 85.4. The molecule has 10 N–H and O–H groups in total. The first-order chi connectivity index (χ1) is 41.4. The van der Waals surface area contributed by atoms with Crippen LogP contribution in [0, 0.1) is 10.8 Å². The number of imide groups is 2. The number of nitrogens with zero attached hydrogens (tertiary/aromatic N) is 2. The monoisotopic (exact) mass is 1240 g/mol. The van der Waals surface area contributed by atoms with E-state index in [-0.39, 0.29) is 49.0 Å². The number of hydrogen-bond acceptors (Lipinski definition) is 22. The highest BCUT2D eigenvalue weighted by molar-refractivity contribution is 6.14. The van der Waals surface area contributed by atoms with E-state index in [0.29, 0.717) is 95.0 Å². The topological polar surface area (TPSA) is 418 Å². The minimum Gasteiger partial charge on any atom is -0.479 e. The molecule has 0 saturated carbocycles. The normalized spacial score (nSPS) is 23.5. The zero-order valence-corrected chi connectivity index (χ0v) is 49.9. The number of rotatable bonds is 28. The Morgan fingerprint density at radius 1 is 0.500 bits per heavy atom. The summed E-state index contributed by atoms with van der Waals surface area (Å²) in [6.07, 6.45) is -7.36. The van der Waals surface area contributed by atoms with Crippen molar-refractivity contribution in [2.24, 2.45) is 10.8 Å². The molecule has 2 aromatic rings. The summed E-state index contributed by atoms with van der Waals surface area (Å²) in [5.41, 5.74) is 0.812. The molecule has 2 aromatic carbocycles. The minimum absolute atomic E-state index is 0.0853. The number of ether oxygens (including phenoxy) is 6. The Bertz CT molecular complexity index is 2860. The second kappa shape index (κ2) is 32.5. The maximum atomic E-state index is 12.4. The predicted octanol–water partition coefficient (Wildman–Crippen LogP) is 0.382. The van der Waals surface area contributed by atoms with Crippen molar-refractivity contribution in [3.8, 4) is 11.5 Å². The van der Waals surface area contributed by atoms with Crippen LogP contribution in [0.5, 0.6) is 11.5 Å². The van der Waals surface area contributed by atoms with E-state index in [1.807, 2.05) is 6.07 Å². The molecule has 10 atom stereocenters. The number of amides is 6. The van der Waals surface area contributed by atoms with Crippen molar-refractivity contribution in [1.29, 1.82) is 0 Å². The number of aryl methyl sites for hydroxylation is 2. The second-order valence-corrected chi connectivity index (χ2v) is 23.4. The van der Waals surface area contributed by atoms with Crippen LogP contribution in [0.3, 0.4) is 0 Å². The molecule has 28 heteroatoms. The highest BCUT2D eigenvalue weighted by Gasteiger charge is 2.50. The number of benzene rings is 2. The fraction of sp³-hybridized carbons (Fsp3) is 0.567. The summed E-state index contributed by atoms with van der Waals surface area (Å²) in [4.78, 5) is 120. The van der Waals surface area contributed by atoms with Crippen molar-refractivity contribution >= 4 is 59.3 Å². The van der Waals surface area contributed by atoms with Crippen LogP contribution in [-0.4, -0.2) is 198 Å². The van der Waals surface area contributed by atoms with Gasteiger partial charge in [0.25, 0.3) is 23.6 Å². The molecule has 88 heavy (non-hydrogen) atoms. The Kier molecular flexibility index (Phi) is 26.2. The first-order valence-electron chi connectivity index (χ1n) is 28.7. The van der Waals surface area contributed by atoms with Crippen LogP contribution in [0.2, 0.25) is 0 Å². The van der Waals surface area contributed by atoms with Gasteiger partial charge in [0.15, 0.2) is 12.2 Å². The SMILES string of the molecule is CC(C)(C)C(=O)OCc1ccc(CCCCNC(=O)CCCCCN2C(=O)C=CC2=O)cc1OC1O[C@H](C(=O)O)[C@@H](O)[C@H](O)[C@H]1O.CC(C)(C)C(=O)OCc1ccc(CCCCNC(=O)CN2C(=O)C=CC2=O)cc1O[C@@H]1O[C@H](C(=O)O)[C@@H](O)[C@H](O)[C@H]1O. The number of esters is 2. The molecule has 484 valence electrons. The third-order valence-corrected chi connectivity index (χ3v) is 14.1. The summed E-state index contributed by atoms with van der Waals surface area (Å²) in [7, 11) is 0. The molecular formula is C60H80N4O24. The van der Waals surface area contributed by atoms with Gasteiger partial charge < -0.3 is 79.9 Å². The number of aliphatic hydroxyl groups excluding tert-OH is 6. The lowest BCUT2D eigenvalue weighted by Gasteiger charge is -2.38. The lowest BCUT2D eigenvalue weighted by molar-refractivity contribution is -0.271. The standard InChI is InChI=1S/C32H44N2O12.C28H36N2O12/c1-32(2,3)31(43)44-18-20-12-11-19(17-21(20)45-30-27(40)25(38)26(39)28(46-30)29(41)42)9-6-7-15-33-22(35)10-5-4-8-16-34-23(36)13-14-24(34)37;1-28(2,3)27(39)40-14-16-8-7-15(6-4-5-11-29-18(31)13-30-19(32)9-10-20(30)33)12-17(16)41-26-23(36)21(34)22(35)24(42-26)25(37)38/h11-14,17,25-28,30,38-40H,4-10,15-16,18H2,1-3H3,(H,33,35)(H,41,42);7-10,12,21-24,26,34-36H,4-6,11,13-14H2,1-3H3,(H,29,31)(H,37,38)/t25-,26-,27+,28-,30?;21-,22-,23+,24-,26+/m00/s1. The maximum Gasteiger partial charge on any atom is 0.335 e. The summed E-state index contributed by atoms with van der Waals surface area (Å²) >= 11 is 0. The van der Waals surface area contributed by atoms with Crippen molar-refractivity contribution < 1.29 is 117 Å². The molecule has 0 spiro atoms. The zero-order valence-electron chi connectivity index (χ0n) is 49.9. The Hall–Kier alpha value is -7.70.